The first kappa shape index (κ1) is 27.0. The van der Waals surface area contributed by atoms with Gasteiger partial charge in [0.05, 0.1) is 0 Å². The van der Waals surface area contributed by atoms with Crippen LogP contribution in [0.3, 0.4) is 0 Å². The monoisotopic (exact) mass is 538 g/mol. The Kier molecular flexibility index (Phi) is 8.15. The van der Waals surface area contributed by atoms with Crippen LogP contribution in [0, 0.1) is 6.92 Å². The van der Waals surface area contributed by atoms with Gasteiger partial charge in [0.15, 0.2) is 11.3 Å². The normalized spacial score (nSPS) is 12.4. The number of hydrogen-bond acceptors (Lipinski definition) is 7. The number of likely N-dealkylation sites (N-methyl/N-ethyl adjacent to an activating group) is 1. The van der Waals surface area contributed by atoms with Gasteiger partial charge in [0.25, 0.3) is 0 Å². The van der Waals surface area contributed by atoms with Crippen molar-refractivity contribution in [1.29, 1.82) is 0 Å². The molecule has 3 heterocycles. The zero-order valence-corrected chi connectivity index (χ0v) is 23.1. The average Bonchev–Trinajstić information content (AvgIpc) is 3.56. The number of anilines is 2. The Morgan fingerprint density at radius 3 is 2.95 bits per heavy atom. The van der Waals surface area contributed by atoms with Crippen LogP contribution in [0.2, 0.25) is 0 Å². The summed E-state index contributed by atoms with van der Waals surface area (Å²) >= 11 is 0. The molecule has 206 valence electrons. The first-order chi connectivity index (χ1) is 19.5. The van der Waals surface area contributed by atoms with Crippen LogP contribution in [0.15, 0.2) is 59.2 Å². The van der Waals surface area contributed by atoms with Gasteiger partial charge in [-0.2, -0.15) is 0 Å². The number of pyridine rings is 1. The van der Waals surface area contributed by atoms with Crippen LogP contribution in [-0.2, 0) is 29.0 Å². The quantitative estimate of drug-likeness (QED) is 0.135. The molecule has 40 heavy (non-hydrogen) atoms. The average molecular weight is 539 g/mol. The van der Waals surface area contributed by atoms with Crippen LogP contribution in [0.25, 0.3) is 17.0 Å². The summed E-state index contributed by atoms with van der Waals surface area (Å²) in [5.41, 5.74) is 5.86. The maximum absolute atomic E-state index is 13.0. The lowest BCUT2D eigenvalue weighted by Crippen LogP contribution is -2.24. The smallest absolute Gasteiger partial charge is 0.246 e. The van der Waals surface area contributed by atoms with Gasteiger partial charge < -0.3 is 29.5 Å². The summed E-state index contributed by atoms with van der Waals surface area (Å²) in [6.07, 6.45) is 8.96. The molecule has 1 aliphatic heterocycles. The number of aldehydes is 1. The second-order valence-electron chi connectivity index (χ2n) is 9.98. The number of carbonyl (C=O) groups excluding carboxylic acids is 2. The number of nitrogens with one attached hydrogen (secondary N) is 2. The van der Waals surface area contributed by atoms with Gasteiger partial charge >= 0.3 is 0 Å². The summed E-state index contributed by atoms with van der Waals surface area (Å²) in [5, 5.41) is 7.38. The van der Waals surface area contributed by atoms with Crippen molar-refractivity contribution in [3.05, 3.63) is 82.8 Å². The summed E-state index contributed by atoms with van der Waals surface area (Å²) in [5.74, 6) is 2.82. The van der Waals surface area contributed by atoms with Gasteiger partial charge in [-0.3, -0.25) is 4.79 Å². The van der Waals surface area contributed by atoms with Crippen molar-refractivity contribution in [3.63, 3.8) is 0 Å². The molecule has 0 saturated carbocycles. The number of amides is 1. The van der Waals surface area contributed by atoms with E-state index in [2.05, 4.69) is 21.7 Å². The molecule has 2 aromatic carbocycles. The maximum atomic E-state index is 13.0. The van der Waals surface area contributed by atoms with Crippen molar-refractivity contribution >= 4 is 40.7 Å². The van der Waals surface area contributed by atoms with E-state index < -0.39 is 0 Å². The summed E-state index contributed by atoms with van der Waals surface area (Å²) in [4.78, 5) is 29.8. The third kappa shape index (κ3) is 5.86. The molecule has 0 fully saturated rings. The van der Waals surface area contributed by atoms with E-state index in [4.69, 9.17) is 9.15 Å². The van der Waals surface area contributed by atoms with E-state index in [0.29, 0.717) is 24.3 Å². The lowest BCUT2D eigenvalue weighted by Gasteiger charge is -2.15. The summed E-state index contributed by atoms with van der Waals surface area (Å²) in [7, 11) is 3.60. The number of carbonyl (C=O) groups is 2. The minimum atomic E-state index is -0.131. The molecule has 0 aliphatic carbocycles. The van der Waals surface area contributed by atoms with E-state index in [9.17, 15) is 9.59 Å². The predicted molar refractivity (Wildman–Crippen MR) is 158 cm³/mol. The summed E-state index contributed by atoms with van der Waals surface area (Å²) in [6.45, 7) is 3.25. The molecule has 2 aromatic heterocycles. The zero-order valence-electron chi connectivity index (χ0n) is 23.1. The van der Waals surface area contributed by atoms with Gasteiger partial charge in [-0.15, -0.1) is 0 Å². The number of nitrogens with zero attached hydrogens (tertiary/aromatic N) is 2. The number of hydrogen-bond donors (Lipinski definition) is 2. The van der Waals surface area contributed by atoms with Gasteiger partial charge in [-0.25, -0.2) is 4.98 Å². The number of aromatic nitrogens is 1. The number of unbranched alkanes of at least 4 members (excludes halogenated alkanes) is 1. The third-order valence-electron chi connectivity index (χ3n) is 7.18. The van der Waals surface area contributed by atoms with Crippen LogP contribution in [0.4, 0.5) is 11.5 Å². The molecule has 0 unspecified atom stereocenters. The van der Waals surface area contributed by atoms with Crippen molar-refractivity contribution in [3.8, 4) is 11.5 Å². The Bertz CT molecular complexity index is 1570. The van der Waals surface area contributed by atoms with Crippen molar-refractivity contribution in [2.45, 2.75) is 39.2 Å². The fourth-order valence-electron chi connectivity index (χ4n) is 5.03. The lowest BCUT2D eigenvalue weighted by molar-refractivity contribution is -0.125. The third-order valence-corrected chi connectivity index (χ3v) is 7.18. The Labute approximate surface area is 234 Å². The molecule has 0 spiro atoms. The highest BCUT2D eigenvalue weighted by atomic mass is 16.5. The van der Waals surface area contributed by atoms with Crippen LogP contribution in [-0.4, -0.2) is 42.7 Å². The predicted octanol–water partition coefficient (Wildman–Crippen LogP) is 6.13. The Morgan fingerprint density at radius 1 is 1.25 bits per heavy atom. The highest BCUT2D eigenvalue weighted by molar-refractivity contribution is 5.92. The van der Waals surface area contributed by atoms with E-state index in [1.54, 1.807) is 30.3 Å². The summed E-state index contributed by atoms with van der Waals surface area (Å²) in [6, 6.07) is 13.9. The standard InChI is InChI=1S/C32H34N4O4/c1-21-27(20-36(3)30(38)13-10-22-17-24(7-4-5-16-37)32(33-2)35-19-22)26-8-6-9-29(31(26)39-21)40-25-11-12-28-23(18-25)14-15-34-28/h6,8-13,16-19,34H,4-5,7,14-15,20H2,1-3H3,(H,33,35)/b13-10+. The molecule has 4 aromatic rings. The molecule has 8 heteroatoms. The number of fused-ring (bicyclic) bond motifs is 2. The molecule has 0 bridgehead atoms. The summed E-state index contributed by atoms with van der Waals surface area (Å²) < 4.78 is 12.4. The van der Waals surface area contributed by atoms with Crippen molar-refractivity contribution in [2.75, 3.05) is 31.3 Å². The molecule has 2 N–H and O–H groups in total. The van der Waals surface area contributed by atoms with Crippen molar-refractivity contribution in [2.24, 2.45) is 0 Å². The van der Waals surface area contributed by atoms with Crippen LogP contribution in [0.1, 0.15) is 40.9 Å². The minimum absolute atomic E-state index is 0.131. The second-order valence-corrected chi connectivity index (χ2v) is 9.98. The van der Waals surface area contributed by atoms with Gasteiger partial charge in [0.1, 0.15) is 23.6 Å². The number of ether oxygens (including phenoxy) is 1. The number of para-hydroxylation sites is 1. The SMILES string of the molecule is CNc1ncc(/C=C/C(=O)N(C)Cc2c(C)oc3c(Oc4ccc5c(c4)CCN5)cccc23)cc1CCCC=O. The van der Waals surface area contributed by atoms with Crippen LogP contribution in [0.5, 0.6) is 11.5 Å². The van der Waals surface area contributed by atoms with Crippen LogP contribution >= 0.6 is 0 Å². The number of benzene rings is 2. The van der Waals surface area contributed by atoms with Crippen molar-refractivity contribution in [1.82, 2.24) is 9.88 Å². The van der Waals surface area contributed by atoms with Gasteiger partial charge in [-0.05, 0) is 79.3 Å². The molecule has 0 radical (unpaired) electrons. The maximum Gasteiger partial charge on any atom is 0.246 e. The molecule has 8 nitrogen and oxygen atoms in total. The highest BCUT2D eigenvalue weighted by Crippen LogP contribution is 2.37. The lowest BCUT2D eigenvalue weighted by atomic mass is 10.1. The zero-order chi connectivity index (χ0) is 28.1. The van der Waals surface area contributed by atoms with E-state index >= 15 is 0 Å². The molecular weight excluding hydrogens is 504 g/mol. The number of rotatable bonds is 11. The molecule has 0 saturated heterocycles. The Morgan fingerprint density at radius 2 is 2.12 bits per heavy atom. The Hall–Kier alpha value is -4.59. The van der Waals surface area contributed by atoms with Crippen molar-refractivity contribution < 1.29 is 18.7 Å². The molecule has 5 rings (SSSR count). The number of aryl methyl sites for hydroxylation is 2. The Balaban J connectivity index is 1.30. The topological polar surface area (TPSA) is 96.7 Å². The number of furan rings is 1. The molecule has 0 atom stereocenters. The molecule has 1 aliphatic rings. The largest absolute Gasteiger partial charge is 0.457 e. The van der Waals surface area contributed by atoms with Gasteiger partial charge in [0.2, 0.25) is 5.91 Å². The van der Waals surface area contributed by atoms with Gasteiger partial charge in [0, 0.05) is 62.5 Å². The highest BCUT2D eigenvalue weighted by Gasteiger charge is 2.19. The fraction of sp³-hybridized carbons (Fsp3) is 0.281. The van der Waals surface area contributed by atoms with E-state index in [1.807, 2.05) is 50.4 Å². The van der Waals surface area contributed by atoms with E-state index in [0.717, 1.165) is 77.2 Å². The van der Waals surface area contributed by atoms with E-state index in [1.165, 1.54) is 5.56 Å². The molecule has 1 amide bonds. The minimum Gasteiger partial charge on any atom is -0.457 e. The molecular formula is C32H34N4O4. The first-order valence-corrected chi connectivity index (χ1v) is 13.6. The first-order valence-electron chi connectivity index (χ1n) is 13.6. The van der Waals surface area contributed by atoms with Crippen LogP contribution < -0.4 is 15.4 Å². The van der Waals surface area contributed by atoms with E-state index in [-0.39, 0.29) is 5.91 Å². The second kappa shape index (κ2) is 12.1. The van der Waals surface area contributed by atoms with Gasteiger partial charge in [-0.1, -0.05) is 12.1 Å². The fourth-order valence-corrected chi connectivity index (χ4v) is 5.03.